The van der Waals surface area contributed by atoms with Crippen molar-refractivity contribution in [2.75, 3.05) is 0 Å². The van der Waals surface area contributed by atoms with Crippen LogP contribution in [-0.4, -0.2) is 19.2 Å². The van der Waals surface area contributed by atoms with Gasteiger partial charge in [-0.1, -0.05) is 0 Å². The molecule has 0 spiro atoms. The fourth-order valence-electron chi connectivity index (χ4n) is 2.22. The Morgan fingerprint density at radius 1 is 1.37 bits per heavy atom. The lowest BCUT2D eigenvalue weighted by Crippen LogP contribution is -2.08. The molecule has 0 radical (unpaired) electrons. The summed E-state index contributed by atoms with van der Waals surface area (Å²) in [6.07, 6.45) is 7.90. The van der Waals surface area contributed by atoms with Crippen LogP contribution in [0.5, 0.6) is 0 Å². The normalized spacial score (nSPS) is 17.1. The van der Waals surface area contributed by atoms with Gasteiger partial charge in [0.25, 0.3) is 0 Å². The zero-order chi connectivity index (χ0) is 13.4. The van der Waals surface area contributed by atoms with E-state index < -0.39 is 12.7 Å². The molecule has 2 heterocycles. The van der Waals surface area contributed by atoms with E-state index in [1.54, 1.807) is 17.0 Å². The number of aliphatic hydroxyl groups excluding tert-OH is 1. The molecule has 1 saturated carbocycles. The second-order valence-corrected chi connectivity index (χ2v) is 4.93. The maximum absolute atomic E-state index is 12.7. The lowest BCUT2D eigenvalue weighted by atomic mass is 10.1. The van der Waals surface area contributed by atoms with Crippen molar-refractivity contribution in [3.63, 3.8) is 0 Å². The lowest BCUT2D eigenvalue weighted by Gasteiger charge is -2.08. The number of rotatable bonds is 5. The van der Waals surface area contributed by atoms with Crippen LogP contribution in [0.3, 0.4) is 0 Å². The highest BCUT2D eigenvalue weighted by molar-refractivity contribution is 5.16. The van der Waals surface area contributed by atoms with Crippen molar-refractivity contribution in [3.8, 4) is 0 Å². The van der Waals surface area contributed by atoms with Crippen LogP contribution in [0, 0.1) is 5.92 Å². The Kier molecular flexibility index (Phi) is 3.10. The van der Waals surface area contributed by atoms with E-state index in [1.807, 2.05) is 6.07 Å². The monoisotopic (exact) mass is 267 g/mol. The first-order valence-electron chi connectivity index (χ1n) is 6.29. The Hall–Kier alpha value is -1.69. The van der Waals surface area contributed by atoms with Crippen molar-refractivity contribution < 1.29 is 13.9 Å². The summed E-state index contributed by atoms with van der Waals surface area (Å²) in [6, 6.07) is 1.83. The van der Waals surface area contributed by atoms with Crippen LogP contribution in [-0.2, 0) is 6.54 Å². The number of hydrogen-bond donors (Lipinski definition) is 1. The van der Waals surface area contributed by atoms with Crippen LogP contribution in [0.2, 0.25) is 0 Å². The minimum Gasteiger partial charge on any atom is -0.388 e. The van der Waals surface area contributed by atoms with Gasteiger partial charge in [0.15, 0.2) is 0 Å². The van der Waals surface area contributed by atoms with E-state index >= 15 is 0 Å². The van der Waals surface area contributed by atoms with Crippen molar-refractivity contribution in [3.05, 3.63) is 42.2 Å². The number of nitrogens with zero attached hydrogens (tertiary/aromatic N) is 3. The van der Waals surface area contributed by atoms with E-state index in [0.29, 0.717) is 11.7 Å². The fourth-order valence-corrected chi connectivity index (χ4v) is 2.22. The topological polar surface area (TPSA) is 43.0 Å². The zero-order valence-electron chi connectivity index (χ0n) is 10.3. The third-order valence-electron chi connectivity index (χ3n) is 3.47. The molecule has 1 fully saturated rings. The van der Waals surface area contributed by atoms with Crippen LogP contribution in [0.4, 0.5) is 8.78 Å². The molecule has 1 atom stereocenters. The number of alkyl halides is 2. The molecule has 1 aliphatic carbocycles. The first kappa shape index (κ1) is 12.3. The van der Waals surface area contributed by atoms with Gasteiger partial charge in [-0.2, -0.15) is 8.78 Å². The average molecular weight is 267 g/mol. The van der Waals surface area contributed by atoms with Crippen molar-refractivity contribution in [1.29, 1.82) is 0 Å². The predicted molar refractivity (Wildman–Crippen MR) is 64.7 cm³/mol. The van der Waals surface area contributed by atoms with Gasteiger partial charge in [0.05, 0.1) is 12.6 Å². The Morgan fingerprint density at radius 2 is 2.16 bits per heavy atom. The average Bonchev–Trinajstić information content (AvgIpc) is 2.94. The van der Waals surface area contributed by atoms with E-state index in [0.717, 1.165) is 23.0 Å². The number of halogens is 2. The molecule has 19 heavy (non-hydrogen) atoms. The maximum Gasteiger partial charge on any atom is 0.319 e. The number of hydrogen-bond acceptors (Lipinski definition) is 2. The Labute approximate surface area is 109 Å². The van der Waals surface area contributed by atoms with Gasteiger partial charge in [0.2, 0.25) is 0 Å². The summed E-state index contributed by atoms with van der Waals surface area (Å²) >= 11 is 0. The summed E-state index contributed by atoms with van der Waals surface area (Å²) in [6.45, 7) is -2.31. The molecule has 3 rings (SSSR count). The summed E-state index contributed by atoms with van der Waals surface area (Å²) in [4.78, 5) is 3.93. The van der Waals surface area contributed by atoms with E-state index in [9.17, 15) is 13.9 Å². The van der Waals surface area contributed by atoms with Gasteiger partial charge in [-0.05, 0) is 30.4 Å². The largest absolute Gasteiger partial charge is 0.388 e. The highest BCUT2D eigenvalue weighted by atomic mass is 19.3. The molecule has 0 aromatic carbocycles. The van der Waals surface area contributed by atoms with Crippen molar-refractivity contribution in [1.82, 2.24) is 14.1 Å². The molecule has 0 aliphatic heterocycles. The van der Waals surface area contributed by atoms with Crippen LogP contribution in [0.1, 0.15) is 36.9 Å². The van der Waals surface area contributed by atoms with Gasteiger partial charge in [-0.15, -0.1) is 0 Å². The second kappa shape index (κ2) is 4.77. The molecule has 6 heteroatoms. The summed E-state index contributed by atoms with van der Waals surface area (Å²) in [7, 11) is 0. The van der Waals surface area contributed by atoms with E-state index in [4.69, 9.17) is 0 Å². The number of imidazole rings is 1. The third-order valence-corrected chi connectivity index (χ3v) is 3.47. The Bertz CT molecular complexity index is 560. The molecule has 1 N–H and O–H groups in total. The molecular weight excluding hydrogens is 252 g/mol. The summed E-state index contributed by atoms with van der Waals surface area (Å²) in [5.74, 6) is 0.664. The van der Waals surface area contributed by atoms with Gasteiger partial charge in [-0.3, -0.25) is 4.57 Å². The molecule has 1 unspecified atom stereocenters. The lowest BCUT2D eigenvalue weighted by molar-refractivity contribution is 0.0667. The summed E-state index contributed by atoms with van der Waals surface area (Å²) in [5.41, 5.74) is 0.845. The third kappa shape index (κ3) is 2.53. The maximum atomic E-state index is 12.7. The van der Waals surface area contributed by atoms with Gasteiger partial charge in [0, 0.05) is 24.8 Å². The van der Waals surface area contributed by atoms with Gasteiger partial charge >= 0.3 is 6.55 Å². The standard InChI is InChI=1S/C13H15F2N3O/c14-13(15)18-6-4-16-11(18)8-17-5-3-10(7-17)12(19)9-1-2-9/h3-7,9,12-13,19H,1-2,8H2. The minimum absolute atomic E-state index is 0.273. The predicted octanol–water partition coefficient (Wildman–Crippen LogP) is 2.57. The van der Waals surface area contributed by atoms with E-state index in [1.165, 1.54) is 12.4 Å². The molecule has 102 valence electrons. The number of aliphatic hydroxyl groups is 1. The molecular formula is C13H15F2N3O. The minimum atomic E-state index is -2.58. The van der Waals surface area contributed by atoms with Crippen LogP contribution >= 0.6 is 0 Å². The molecule has 0 amide bonds. The second-order valence-electron chi connectivity index (χ2n) is 4.93. The molecule has 2 aromatic heterocycles. The van der Waals surface area contributed by atoms with Crippen LogP contribution in [0.15, 0.2) is 30.9 Å². The Morgan fingerprint density at radius 3 is 2.84 bits per heavy atom. The smallest absolute Gasteiger partial charge is 0.319 e. The Balaban J connectivity index is 1.74. The highest BCUT2D eigenvalue weighted by Crippen LogP contribution is 2.40. The van der Waals surface area contributed by atoms with E-state index in [-0.39, 0.29) is 6.54 Å². The van der Waals surface area contributed by atoms with Gasteiger partial charge < -0.3 is 9.67 Å². The SMILES string of the molecule is OC(c1ccn(Cc2nccn2C(F)F)c1)C1CC1. The molecule has 2 aromatic rings. The molecule has 4 nitrogen and oxygen atoms in total. The van der Waals surface area contributed by atoms with Gasteiger partial charge in [-0.25, -0.2) is 4.98 Å². The fraction of sp³-hybridized carbons (Fsp3) is 0.462. The van der Waals surface area contributed by atoms with Crippen LogP contribution < -0.4 is 0 Å². The van der Waals surface area contributed by atoms with Crippen molar-refractivity contribution in [2.45, 2.75) is 32.0 Å². The summed E-state index contributed by atoms with van der Waals surface area (Å²) in [5, 5.41) is 9.99. The van der Waals surface area contributed by atoms with E-state index in [2.05, 4.69) is 4.98 Å². The quantitative estimate of drug-likeness (QED) is 0.904. The van der Waals surface area contributed by atoms with Crippen LogP contribution in [0.25, 0.3) is 0 Å². The first-order chi connectivity index (χ1) is 9.15. The molecule has 0 saturated heterocycles. The van der Waals surface area contributed by atoms with Crippen molar-refractivity contribution >= 4 is 0 Å². The number of aromatic nitrogens is 3. The van der Waals surface area contributed by atoms with Crippen molar-refractivity contribution in [2.24, 2.45) is 5.92 Å². The molecule has 1 aliphatic rings. The zero-order valence-corrected chi connectivity index (χ0v) is 10.3. The molecule has 0 bridgehead atoms. The highest BCUT2D eigenvalue weighted by Gasteiger charge is 2.31. The van der Waals surface area contributed by atoms with Gasteiger partial charge in [0.1, 0.15) is 5.82 Å². The first-order valence-corrected chi connectivity index (χ1v) is 6.29. The summed E-state index contributed by atoms with van der Waals surface area (Å²) < 4.78 is 28.0.